The first-order chi connectivity index (χ1) is 14.6. The summed E-state index contributed by atoms with van der Waals surface area (Å²) in [7, 11) is 1.99. The topological polar surface area (TPSA) is 82.1 Å². The molecule has 30 heavy (non-hydrogen) atoms. The third-order valence-electron chi connectivity index (χ3n) is 4.80. The molecule has 2 heterocycles. The van der Waals surface area contributed by atoms with E-state index in [2.05, 4.69) is 44.2 Å². The van der Waals surface area contributed by atoms with Crippen molar-refractivity contribution >= 4 is 0 Å². The lowest BCUT2D eigenvalue weighted by molar-refractivity contribution is 0.215. The fraction of sp³-hybridized carbons (Fsp3) is 0.238. The van der Waals surface area contributed by atoms with E-state index < -0.39 is 0 Å². The Labute approximate surface area is 172 Å². The molecule has 2 aromatic carbocycles. The molecule has 0 fully saturated rings. The molecule has 0 amide bonds. The molecular weight excluding hydrogens is 387 g/mol. The second-order valence-corrected chi connectivity index (χ2v) is 6.87. The van der Waals surface area contributed by atoms with Gasteiger partial charge in [-0.25, -0.2) is 14.1 Å². The zero-order chi connectivity index (χ0) is 20.9. The average Bonchev–Trinajstić information content (AvgIpc) is 3.45. The highest BCUT2D eigenvalue weighted by molar-refractivity contribution is 5.34. The van der Waals surface area contributed by atoms with Gasteiger partial charge in [-0.1, -0.05) is 17.3 Å². The Morgan fingerprint density at radius 3 is 2.60 bits per heavy atom. The number of rotatable bonds is 8. The molecule has 0 saturated carbocycles. The third-order valence-corrected chi connectivity index (χ3v) is 4.80. The smallest absolute Gasteiger partial charge is 0.240 e. The van der Waals surface area contributed by atoms with Crippen molar-refractivity contribution in [3.05, 3.63) is 84.3 Å². The van der Waals surface area contributed by atoms with Crippen molar-refractivity contribution in [3.8, 4) is 11.4 Å². The Kier molecular flexibility index (Phi) is 5.80. The van der Waals surface area contributed by atoms with Crippen LogP contribution in [0.1, 0.15) is 30.2 Å². The van der Waals surface area contributed by atoms with E-state index in [-0.39, 0.29) is 18.5 Å². The molecular formula is C21H21FN6O2. The van der Waals surface area contributed by atoms with Gasteiger partial charge >= 0.3 is 0 Å². The van der Waals surface area contributed by atoms with Crippen molar-refractivity contribution in [1.29, 1.82) is 0 Å². The molecule has 0 aliphatic rings. The summed E-state index contributed by atoms with van der Waals surface area (Å²) in [5.74, 6) is 1.17. The predicted octanol–water partition coefficient (Wildman–Crippen LogP) is 3.56. The van der Waals surface area contributed by atoms with E-state index in [0.717, 1.165) is 11.3 Å². The van der Waals surface area contributed by atoms with E-state index in [1.54, 1.807) is 23.1 Å². The zero-order valence-electron chi connectivity index (χ0n) is 16.6. The number of benzene rings is 2. The van der Waals surface area contributed by atoms with Crippen LogP contribution in [-0.4, -0.2) is 36.9 Å². The number of halogens is 1. The first-order valence-electron chi connectivity index (χ1n) is 9.43. The maximum atomic E-state index is 12.9. The van der Waals surface area contributed by atoms with Gasteiger partial charge in [-0.15, -0.1) is 0 Å². The summed E-state index contributed by atoms with van der Waals surface area (Å²) in [6, 6.07) is 14.1. The van der Waals surface area contributed by atoms with Crippen molar-refractivity contribution in [1.82, 2.24) is 29.8 Å². The molecule has 0 spiro atoms. The fourth-order valence-corrected chi connectivity index (χ4v) is 2.94. The minimum Gasteiger partial charge on any atom is -0.485 e. The van der Waals surface area contributed by atoms with Gasteiger partial charge in [0.1, 0.15) is 24.2 Å². The van der Waals surface area contributed by atoms with Gasteiger partial charge in [0.2, 0.25) is 11.7 Å². The highest BCUT2D eigenvalue weighted by atomic mass is 19.1. The molecule has 9 heteroatoms. The number of hydrogen-bond acceptors (Lipinski definition) is 7. The van der Waals surface area contributed by atoms with Crippen LogP contribution < -0.4 is 4.74 Å². The van der Waals surface area contributed by atoms with Gasteiger partial charge in [-0.3, -0.25) is 4.90 Å². The standard InChI is InChI=1S/C21H21FN6O2/c1-15(16-3-7-18(8-4-16)28-14-23-13-24-28)27(2)11-21-25-20(26-30-21)12-29-19-9-5-17(22)6-10-19/h3-10,13-15H,11-12H2,1-2H3. The van der Waals surface area contributed by atoms with Crippen molar-refractivity contribution in [2.45, 2.75) is 26.1 Å². The maximum Gasteiger partial charge on any atom is 0.240 e. The Hall–Kier alpha value is -3.59. The lowest BCUT2D eigenvalue weighted by atomic mass is 10.1. The molecule has 0 aliphatic carbocycles. The van der Waals surface area contributed by atoms with Crippen LogP contribution in [0.25, 0.3) is 5.69 Å². The van der Waals surface area contributed by atoms with Gasteiger partial charge in [0.25, 0.3) is 0 Å². The number of nitrogens with zero attached hydrogens (tertiary/aromatic N) is 6. The lowest BCUT2D eigenvalue weighted by Crippen LogP contribution is -2.22. The van der Waals surface area contributed by atoms with E-state index >= 15 is 0 Å². The van der Waals surface area contributed by atoms with Crippen LogP contribution in [0.4, 0.5) is 4.39 Å². The molecule has 0 aliphatic heterocycles. The summed E-state index contributed by atoms with van der Waals surface area (Å²) in [5, 5.41) is 8.08. The Balaban J connectivity index is 1.33. The normalized spacial score (nSPS) is 12.3. The monoisotopic (exact) mass is 408 g/mol. The highest BCUT2D eigenvalue weighted by Gasteiger charge is 2.16. The highest BCUT2D eigenvalue weighted by Crippen LogP contribution is 2.22. The second-order valence-electron chi connectivity index (χ2n) is 6.87. The van der Waals surface area contributed by atoms with Crippen LogP contribution in [0.5, 0.6) is 5.75 Å². The van der Waals surface area contributed by atoms with Gasteiger partial charge in [0.05, 0.1) is 12.2 Å². The van der Waals surface area contributed by atoms with Crippen LogP contribution in [0.15, 0.2) is 65.7 Å². The molecule has 4 rings (SSSR count). The van der Waals surface area contributed by atoms with Crippen LogP contribution in [0, 0.1) is 5.82 Å². The predicted molar refractivity (Wildman–Crippen MR) is 106 cm³/mol. The minimum atomic E-state index is -0.311. The Bertz CT molecular complexity index is 1060. The zero-order valence-corrected chi connectivity index (χ0v) is 16.6. The van der Waals surface area contributed by atoms with Gasteiger partial charge in [0.15, 0.2) is 6.61 Å². The number of ether oxygens (including phenoxy) is 1. The van der Waals surface area contributed by atoms with Crippen molar-refractivity contribution in [2.24, 2.45) is 0 Å². The molecule has 2 aromatic heterocycles. The third kappa shape index (κ3) is 4.69. The quantitative estimate of drug-likeness (QED) is 0.441. The van der Waals surface area contributed by atoms with E-state index in [0.29, 0.717) is 24.0 Å². The molecule has 1 atom stereocenters. The van der Waals surface area contributed by atoms with E-state index in [9.17, 15) is 4.39 Å². The Morgan fingerprint density at radius 2 is 1.90 bits per heavy atom. The van der Waals surface area contributed by atoms with Gasteiger partial charge in [0, 0.05) is 6.04 Å². The molecule has 0 N–H and O–H groups in total. The van der Waals surface area contributed by atoms with Gasteiger partial charge in [-0.2, -0.15) is 10.1 Å². The SMILES string of the molecule is CC(c1ccc(-n2cncn2)cc1)N(C)Cc1nc(COc2ccc(F)cc2)no1. The first kappa shape index (κ1) is 19.7. The molecule has 154 valence electrons. The van der Waals surface area contributed by atoms with Crippen LogP contribution >= 0.6 is 0 Å². The largest absolute Gasteiger partial charge is 0.485 e. The summed E-state index contributed by atoms with van der Waals surface area (Å²) in [5.41, 5.74) is 2.11. The minimum absolute atomic E-state index is 0.139. The molecule has 0 bridgehead atoms. The summed E-state index contributed by atoms with van der Waals surface area (Å²) in [6.07, 6.45) is 3.17. The van der Waals surface area contributed by atoms with Crippen LogP contribution in [-0.2, 0) is 13.2 Å². The number of hydrogen-bond donors (Lipinski definition) is 0. The van der Waals surface area contributed by atoms with Gasteiger partial charge in [-0.05, 0) is 55.9 Å². The van der Waals surface area contributed by atoms with Gasteiger partial charge < -0.3 is 9.26 Å². The van der Waals surface area contributed by atoms with Crippen molar-refractivity contribution in [2.75, 3.05) is 7.05 Å². The molecule has 0 radical (unpaired) electrons. The second kappa shape index (κ2) is 8.83. The summed E-state index contributed by atoms with van der Waals surface area (Å²) in [4.78, 5) is 10.4. The lowest BCUT2D eigenvalue weighted by Gasteiger charge is -2.23. The van der Waals surface area contributed by atoms with E-state index in [1.165, 1.54) is 18.5 Å². The average molecular weight is 408 g/mol. The molecule has 4 aromatic rings. The summed E-state index contributed by atoms with van der Waals surface area (Å²) < 4.78 is 25.5. The van der Waals surface area contributed by atoms with Crippen molar-refractivity contribution < 1.29 is 13.7 Å². The summed E-state index contributed by atoms with van der Waals surface area (Å²) >= 11 is 0. The number of aromatic nitrogens is 5. The molecule has 1 unspecified atom stereocenters. The first-order valence-corrected chi connectivity index (χ1v) is 9.43. The fourth-order valence-electron chi connectivity index (χ4n) is 2.94. The van der Waals surface area contributed by atoms with Crippen LogP contribution in [0.3, 0.4) is 0 Å². The van der Waals surface area contributed by atoms with E-state index in [1.807, 2.05) is 19.2 Å². The summed E-state index contributed by atoms with van der Waals surface area (Å²) in [6.45, 7) is 2.76. The molecule has 0 saturated heterocycles. The van der Waals surface area contributed by atoms with Crippen LogP contribution in [0.2, 0.25) is 0 Å². The van der Waals surface area contributed by atoms with Crippen molar-refractivity contribution in [3.63, 3.8) is 0 Å². The Morgan fingerprint density at radius 1 is 1.13 bits per heavy atom. The maximum absolute atomic E-state index is 12.9. The molecule has 8 nitrogen and oxygen atoms in total. The van der Waals surface area contributed by atoms with E-state index in [4.69, 9.17) is 9.26 Å².